The van der Waals surface area contributed by atoms with Crippen LogP contribution in [0.15, 0.2) is 30.3 Å². The molecule has 0 aliphatic rings. The van der Waals surface area contributed by atoms with E-state index >= 15 is 0 Å². The Kier molecular flexibility index (Phi) is 7.19. The Labute approximate surface area is 164 Å². The molecular formula is C20H24ClNO5. The summed E-state index contributed by atoms with van der Waals surface area (Å²) in [6.45, 7) is 2.51. The normalized spacial score (nSPS) is 10.3. The van der Waals surface area contributed by atoms with Gasteiger partial charge in [0.25, 0.3) is 5.91 Å². The molecule has 146 valence electrons. The molecule has 0 aliphatic heterocycles. The van der Waals surface area contributed by atoms with Crippen molar-refractivity contribution in [1.82, 2.24) is 0 Å². The highest BCUT2D eigenvalue weighted by atomic mass is 35.5. The molecule has 0 atom stereocenters. The molecule has 27 heavy (non-hydrogen) atoms. The number of nitrogens with zero attached hydrogens (tertiary/aromatic N) is 1. The van der Waals surface area contributed by atoms with E-state index in [0.717, 1.165) is 6.42 Å². The summed E-state index contributed by atoms with van der Waals surface area (Å²) in [4.78, 5) is 14.4. The van der Waals surface area contributed by atoms with Gasteiger partial charge in [-0.15, -0.1) is 0 Å². The molecule has 0 heterocycles. The van der Waals surface area contributed by atoms with Crippen LogP contribution in [-0.2, 0) is 0 Å². The lowest BCUT2D eigenvalue weighted by Gasteiger charge is -2.20. The second-order valence-electron chi connectivity index (χ2n) is 5.74. The second kappa shape index (κ2) is 9.37. The Bertz CT molecular complexity index is 809. The van der Waals surface area contributed by atoms with Gasteiger partial charge in [-0.1, -0.05) is 18.5 Å². The summed E-state index contributed by atoms with van der Waals surface area (Å²) in [5.41, 5.74) is 1.04. The summed E-state index contributed by atoms with van der Waals surface area (Å²) in [5, 5.41) is 0.326. The fourth-order valence-corrected chi connectivity index (χ4v) is 2.80. The van der Waals surface area contributed by atoms with Crippen LogP contribution in [0.2, 0.25) is 5.02 Å². The fourth-order valence-electron chi connectivity index (χ4n) is 2.53. The van der Waals surface area contributed by atoms with Crippen LogP contribution >= 0.6 is 11.6 Å². The number of carbonyl (C=O) groups is 1. The maximum atomic E-state index is 12.9. The summed E-state index contributed by atoms with van der Waals surface area (Å²) in [7, 11) is 6.29. The van der Waals surface area contributed by atoms with Crippen molar-refractivity contribution in [2.24, 2.45) is 0 Å². The van der Waals surface area contributed by atoms with Crippen LogP contribution in [0.3, 0.4) is 0 Å². The predicted octanol–water partition coefficient (Wildman–Crippen LogP) is 4.43. The Balaban J connectivity index is 2.35. The van der Waals surface area contributed by atoms with Crippen LogP contribution in [-0.4, -0.2) is 40.9 Å². The number of amides is 1. The van der Waals surface area contributed by atoms with Crippen molar-refractivity contribution >= 4 is 23.2 Å². The molecule has 0 radical (unpaired) electrons. The smallest absolute Gasteiger partial charge is 0.258 e. The fraction of sp³-hybridized carbons (Fsp3) is 0.350. The van der Waals surface area contributed by atoms with Crippen LogP contribution in [0.4, 0.5) is 5.69 Å². The molecule has 0 fully saturated rings. The quantitative estimate of drug-likeness (QED) is 0.664. The van der Waals surface area contributed by atoms with E-state index in [-0.39, 0.29) is 5.91 Å². The lowest BCUT2D eigenvalue weighted by molar-refractivity contribution is 0.0992. The maximum Gasteiger partial charge on any atom is 0.258 e. The molecule has 2 aromatic carbocycles. The van der Waals surface area contributed by atoms with Gasteiger partial charge in [0.15, 0.2) is 23.0 Å². The topological polar surface area (TPSA) is 57.2 Å². The van der Waals surface area contributed by atoms with E-state index in [1.807, 2.05) is 6.92 Å². The number of carbonyl (C=O) groups excluding carboxylic acids is 1. The van der Waals surface area contributed by atoms with Gasteiger partial charge < -0.3 is 23.8 Å². The first-order chi connectivity index (χ1) is 13.0. The van der Waals surface area contributed by atoms with Gasteiger partial charge in [-0.2, -0.15) is 0 Å². The molecule has 2 rings (SSSR count). The van der Waals surface area contributed by atoms with E-state index in [2.05, 4.69) is 0 Å². The summed E-state index contributed by atoms with van der Waals surface area (Å²) in [6, 6.07) is 8.45. The van der Waals surface area contributed by atoms with E-state index in [9.17, 15) is 4.79 Å². The van der Waals surface area contributed by atoms with Crippen molar-refractivity contribution in [2.45, 2.75) is 13.3 Å². The summed E-state index contributed by atoms with van der Waals surface area (Å²) in [5.74, 6) is 1.73. The summed E-state index contributed by atoms with van der Waals surface area (Å²) in [6.07, 6.45) is 0.836. The van der Waals surface area contributed by atoms with Crippen molar-refractivity contribution < 1.29 is 23.7 Å². The van der Waals surface area contributed by atoms with Crippen LogP contribution in [0.1, 0.15) is 23.7 Å². The molecule has 6 nitrogen and oxygen atoms in total. The highest BCUT2D eigenvalue weighted by molar-refractivity contribution is 6.32. The molecule has 0 spiro atoms. The Morgan fingerprint density at radius 3 is 2.26 bits per heavy atom. The van der Waals surface area contributed by atoms with Crippen molar-refractivity contribution in [3.05, 3.63) is 40.9 Å². The third-order valence-electron chi connectivity index (χ3n) is 3.99. The van der Waals surface area contributed by atoms with Gasteiger partial charge in [0.1, 0.15) is 0 Å². The first-order valence-corrected chi connectivity index (χ1v) is 8.85. The van der Waals surface area contributed by atoms with Crippen LogP contribution in [0, 0.1) is 0 Å². The van der Waals surface area contributed by atoms with Gasteiger partial charge in [0.2, 0.25) is 0 Å². The first-order valence-electron chi connectivity index (χ1n) is 8.47. The number of rotatable bonds is 8. The molecular weight excluding hydrogens is 370 g/mol. The van der Waals surface area contributed by atoms with Crippen LogP contribution in [0.5, 0.6) is 23.0 Å². The van der Waals surface area contributed by atoms with Gasteiger partial charge in [-0.25, -0.2) is 0 Å². The molecule has 0 aromatic heterocycles. The van der Waals surface area contributed by atoms with Gasteiger partial charge >= 0.3 is 0 Å². The minimum Gasteiger partial charge on any atom is -0.493 e. The van der Waals surface area contributed by atoms with Gasteiger partial charge in [-0.05, 0) is 30.7 Å². The maximum absolute atomic E-state index is 12.9. The molecule has 7 heteroatoms. The third-order valence-corrected chi connectivity index (χ3v) is 4.27. The van der Waals surface area contributed by atoms with E-state index in [0.29, 0.717) is 45.9 Å². The number of halogens is 1. The number of methoxy groups -OCH3 is 3. The minimum absolute atomic E-state index is 0.246. The average Bonchev–Trinajstić information content (AvgIpc) is 2.70. The standard InChI is InChI=1S/C20H24ClNO5/c1-6-9-27-19-15(21)10-13(11-18(19)26-5)20(23)22(2)14-7-8-16(24-3)17(12-14)25-4/h7-8,10-12H,6,9H2,1-5H3. The highest BCUT2D eigenvalue weighted by Crippen LogP contribution is 2.37. The number of hydrogen-bond acceptors (Lipinski definition) is 5. The first kappa shape index (κ1) is 20.7. The lowest BCUT2D eigenvalue weighted by atomic mass is 10.1. The molecule has 1 amide bonds. The summed E-state index contributed by atoms with van der Waals surface area (Å²) < 4.78 is 21.5. The lowest BCUT2D eigenvalue weighted by Crippen LogP contribution is -2.26. The largest absolute Gasteiger partial charge is 0.493 e. The van der Waals surface area contributed by atoms with E-state index < -0.39 is 0 Å². The van der Waals surface area contributed by atoms with Crippen molar-refractivity contribution in [1.29, 1.82) is 0 Å². The predicted molar refractivity (Wildman–Crippen MR) is 106 cm³/mol. The molecule has 0 N–H and O–H groups in total. The zero-order valence-corrected chi connectivity index (χ0v) is 16.9. The van der Waals surface area contributed by atoms with Gasteiger partial charge in [-0.3, -0.25) is 4.79 Å². The van der Waals surface area contributed by atoms with Crippen molar-refractivity contribution in [3.63, 3.8) is 0 Å². The Morgan fingerprint density at radius 2 is 1.67 bits per heavy atom. The molecule has 2 aromatic rings. The monoisotopic (exact) mass is 393 g/mol. The van der Waals surface area contributed by atoms with Crippen LogP contribution in [0.25, 0.3) is 0 Å². The second-order valence-corrected chi connectivity index (χ2v) is 6.15. The Morgan fingerprint density at radius 1 is 1.00 bits per heavy atom. The van der Waals surface area contributed by atoms with E-state index in [1.165, 1.54) is 12.0 Å². The number of ether oxygens (including phenoxy) is 4. The van der Waals surface area contributed by atoms with E-state index in [4.69, 9.17) is 30.5 Å². The number of benzene rings is 2. The minimum atomic E-state index is -0.246. The van der Waals surface area contributed by atoms with Gasteiger partial charge in [0.05, 0.1) is 33.0 Å². The Hall–Kier alpha value is -2.60. The zero-order chi connectivity index (χ0) is 20.0. The molecule has 0 unspecified atom stereocenters. The third kappa shape index (κ3) is 4.57. The van der Waals surface area contributed by atoms with Crippen molar-refractivity contribution in [2.75, 3.05) is 39.9 Å². The van der Waals surface area contributed by atoms with Gasteiger partial charge in [0, 0.05) is 24.4 Å². The molecule has 0 saturated heterocycles. The molecule has 0 aliphatic carbocycles. The molecule has 0 saturated carbocycles. The number of anilines is 1. The van der Waals surface area contributed by atoms with Crippen LogP contribution < -0.4 is 23.8 Å². The SMILES string of the molecule is CCCOc1c(Cl)cc(C(=O)N(C)c2ccc(OC)c(OC)c2)cc1OC. The number of hydrogen-bond donors (Lipinski definition) is 0. The average molecular weight is 394 g/mol. The van der Waals surface area contributed by atoms with Crippen molar-refractivity contribution in [3.8, 4) is 23.0 Å². The summed E-state index contributed by atoms with van der Waals surface area (Å²) >= 11 is 6.32. The van der Waals surface area contributed by atoms with E-state index in [1.54, 1.807) is 51.6 Å². The zero-order valence-electron chi connectivity index (χ0n) is 16.2. The highest BCUT2D eigenvalue weighted by Gasteiger charge is 2.20. The molecule has 0 bridgehead atoms.